The zero-order valence-electron chi connectivity index (χ0n) is 16.0. The zero-order chi connectivity index (χ0) is 21.3. The molecule has 30 heavy (non-hydrogen) atoms. The summed E-state index contributed by atoms with van der Waals surface area (Å²) in [6.45, 7) is 1.84. The number of hydrogen-bond acceptors (Lipinski definition) is 4. The Balaban J connectivity index is 1.75. The quantitative estimate of drug-likeness (QED) is 0.658. The number of rotatable bonds is 4. The summed E-state index contributed by atoms with van der Waals surface area (Å²) >= 11 is 0. The van der Waals surface area contributed by atoms with Crippen LogP contribution in [0.25, 0.3) is 0 Å². The number of nitrogens with one attached hydrogen (secondary N) is 1. The van der Waals surface area contributed by atoms with Crippen LogP contribution in [-0.4, -0.2) is 20.2 Å². The van der Waals surface area contributed by atoms with Gasteiger partial charge in [-0.05, 0) is 48.5 Å². The Morgan fingerprint density at radius 2 is 1.80 bits per heavy atom. The van der Waals surface area contributed by atoms with Gasteiger partial charge in [-0.25, -0.2) is 4.39 Å². The summed E-state index contributed by atoms with van der Waals surface area (Å²) in [5.41, 5.74) is 1.64. The third kappa shape index (κ3) is 3.69. The Bertz CT molecular complexity index is 1260. The van der Waals surface area contributed by atoms with Gasteiger partial charge in [0.2, 0.25) is 0 Å². The number of nitrogens with zero attached hydrogens (tertiary/aromatic N) is 2. The van der Waals surface area contributed by atoms with Crippen molar-refractivity contribution in [3.63, 3.8) is 0 Å². The van der Waals surface area contributed by atoms with E-state index in [4.69, 9.17) is 0 Å². The lowest BCUT2D eigenvalue weighted by molar-refractivity contribution is 0.102. The lowest BCUT2D eigenvalue weighted by atomic mass is 10.1. The Kier molecular flexibility index (Phi) is 5.09. The fourth-order valence-electron chi connectivity index (χ4n) is 3.27. The molecule has 3 aromatic rings. The molecule has 0 spiro atoms. The van der Waals surface area contributed by atoms with Crippen LogP contribution in [0.5, 0.6) is 0 Å². The summed E-state index contributed by atoms with van der Waals surface area (Å²) in [5.74, 6) is -0.666. The third-order valence-corrected chi connectivity index (χ3v) is 5.97. The van der Waals surface area contributed by atoms with Gasteiger partial charge in [-0.1, -0.05) is 31.2 Å². The summed E-state index contributed by atoms with van der Waals surface area (Å²) < 4.78 is 43.0. The van der Waals surface area contributed by atoms with Crippen LogP contribution in [0.1, 0.15) is 23.7 Å². The highest BCUT2D eigenvalue weighted by Crippen LogP contribution is 2.38. The van der Waals surface area contributed by atoms with Crippen molar-refractivity contribution in [3.05, 3.63) is 84.2 Å². The topological polar surface area (TPSA) is 78.8 Å². The van der Waals surface area contributed by atoms with Gasteiger partial charge in [0, 0.05) is 23.4 Å². The van der Waals surface area contributed by atoms with Crippen molar-refractivity contribution < 1.29 is 17.6 Å². The Morgan fingerprint density at radius 3 is 2.50 bits per heavy atom. The SMILES string of the molecule is CCC1=NS(=O)(=O)c2cc(NC(=O)c3cccc(F)c3)ccc2N1c1ccccc1. The number of amides is 1. The molecule has 1 amide bonds. The molecule has 0 aromatic heterocycles. The van der Waals surface area contributed by atoms with Crippen LogP contribution in [0.3, 0.4) is 0 Å². The lowest BCUT2D eigenvalue weighted by Gasteiger charge is -2.30. The summed E-state index contributed by atoms with van der Waals surface area (Å²) in [7, 11) is -3.94. The predicted octanol–water partition coefficient (Wildman–Crippen LogP) is 4.73. The summed E-state index contributed by atoms with van der Waals surface area (Å²) in [6.07, 6.45) is 0.422. The molecule has 152 valence electrons. The number of benzene rings is 3. The van der Waals surface area contributed by atoms with Crippen LogP contribution >= 0.6 is 0 Å². The molecule has 8 heteroatoms. The van der Waals surface area contributed by atoms with Crippen LogP contribution in [0, 0.1) is 5.82 Å². The van der Waals surface area contributed by atoms with Gasteiger partial charge in [0.25, 0.3) is 15.9 Å². The largest absolute Gasteiger partial charge is 0.322 e. The Morgan fingerprint density at radius 1 is 1.03 bits per heavy atom. The average Bonchev–Trinajstić information content (AvgIpc) is 2.74. The van der Waals surface area contributed by atoms with E-state index in [1.165, 1.54) is 24.3 Å². The van der Waals surface area contributed by atoms with Gasteiger partial charge < -0.3 is 5.32 Å². The van der Waals surface area contributed by atoms with Crippen LogP contribution in [-0.2, 0) is 10.0 Å². The van der Waals surface area contributed by atoms with Crippen molar-refractivity contribution >= 4 is 38.8 Å². The van der Waals surface area contributed by atoms with E-state index < -0.39 is 21.7 Å². The summed E-state index contributed by atoms with van der Waals surface area (Å²) in [6, 6.07) is 19.2. The molecule has 0 unspecified atom stereocenters. The molecule has 1 heterocycles. The first-order valence-corrected chi connectivity index (χ1v) is 10.7. The Labute approximate surface area is 173 Å². The number of halogens is 1. The van der Waals surface area contributed by atoms with Gasteiger partial charge in [0.15, 0.2) is 0 Å². The van der Waals surface area contributed by atoms with Crippen LogP contribution in [0.15, 0.2) is 82.1 Å². The number of amidine groups is 1. The van der Waals surface area contributed by atoms with Crippen molar-refractivity contribution in [2.24, 2.45) is 4.40 Å². The van der Waals surface area contributed by atoms with E-state index in [0.717, 1.165) is 11.8 Å². The first-order chi connectivity index (χ1) is 14.4. The van der Waals surface area contributed by atoms with Crippen molar-refractivity contribution in [3.8, 4) is 0 Å². The minimum Gasteiger partial charge on any atom is -0.322 e. The first-order valence-electron chi connectivity index (χ1n) is 9.29. The highest BCUT2D eigenvalue weighted by Gasteiger charge is 2.31. The highest BCUT2D eigenvalue weighted by atomic mass is 32.2. The molecule has 0 fully saturated rings. The molecule has 3 aromatic carbocycles. The highest BCUT2D eigenvalue weighted by molar-refractivity contribution is 7.90. The predicted molar refractivity (Wildman–Crippen MR) is 114 cm³/mol. The van der Waals surface area contributed by atoms with Crippen molar-refractivity contribution in [1.82, 2.24) is 0 Å². The number of carbonyl (C=O) groups is 1. The minimum atomic E-state index is -3.94. The normalized spacial score (nSPS) is 14.6. The van der Waals surface area contributed by atoms with E-state index in [9.17, 15) is 17.6 Å². The monoisotopic (exact) mass is 423 g/mol. The second-order valence-electron chi connectivity index (χ2n) is 6.65. The number of carbonyl (C=O) groups excluding carboxylic acids is 1. The second kappa shape index (κ2) is 7.72. The van der Waals surface area contributed by atoms with Crippen LogP contribution < -0.4 is 10.2 Å². The lowest BCUT2D eigenvalue weighted by Crippen LogP contribution is -2.31. The molecule has 0 aliphatic carbocycles. The molecule has 1 aliphatic rings. The van der Waals surface area contributed by atoms with E-state index in [1.54, 1.807) is 17.0 Å². The standard InChI is InChI=1S/C22H18FN3O3S/c1-2-21-25-30(28,29)20-14-17(24-22(27)15-7-6-8-16(23)13-15)11-12-19(20)26(21)18-9-4-3-5-10-18/h3-14H,2H2,1H3,(H,24,27). The average molecular weight is 423 g/mol. The molecule has 6 nitrogen and oxygen atoms in total. The molecular formula is C22H18FN3O3S. The van der Waals surface area contributed by atoms with E-state index in [1.807, 2.05) is 37.3 Å². The van der Waals surface area contributed by atoms with E-state index >= 15 is 0 Å². The number of fused-ring (bicyclic) bond motifs is 1. The molecule has 0 saturated heterocycles. The zero-order valence-corrected chi connectivity index (χ0v) is 16.9. The van der Waals surface area contributed by atoms with Gasteiger partial charge in [0.1, 0.15) is 16.5 Å². The number of hydrogen-bond donors (Lipinski definition) is 1. The molecule has 0 saturated carbocycles. The molecule has 4 rings (SSSR count). The van der Waals surface area contributed by atoms with Gasteiger partial charge in [-0.15, -0.1) is 4.40 Å². The minimum absolute atomic E-state index is 0.0133. The fraction of sp³-hybridized carbons (Fsp3) is 0.0909. The van der Waals surface area contributed by atoms with E-state index in [2.05, 4.69) is 9.71 Å². The fourth-order valence-corrected chi connectivity index (χ4v) is 4.56. The van der Waals surface area contributed by atoms with Gasteiger partial charge in [-0.2, -0.15) is 8.42 Å². The van der Waals surface area contributed by atoms with E-state index in [0.29, 0.717) is 17.9 Å². The molecule has 0 atom stereocenters. The molecule has 1 N–H and O–H groups in total. The molecule has 0 radical (unpaired) electrons. The van der Waals surface area contributed by atoms with Gasteiger partial charge >= 0.3 is 0 Å². The smallest absolute Gasteiger partial charge is 0.286 e. The van der Waals surface area contributed by atoms with E-state index in [-0.39, 0.29) is 16.1 Å². The van der Waals surface area contributed by atoms with Crippen LogP contribution in [0.2, 0.25) is 0 Å². The van der Waals surface area contributed by atoms with Crippen molar-refractivity contribution in [2.75, 3.05) is 10.2 Å². The molecule has 0 bridgehead atoms. The molecule has 1 aliphatic heterocycles. The van der Waals surface area contributed by atoms with Crippen molar-refractivity contribution in [2.45, 2.75) is 18.2 Å². The Hall–Kier alpha value is -3.52. The van der Waals surface area contributed by atoms with Crippen molar-refractivity contribution in [1.29, 1.82) is 0 Å². The maximum absolute atomic E-state index is 13.4. The maximum Gasteiger partial charge on any atom is 0.286 e. The summed E-state index contributed by atoms with van der Waals surface area (Å²) in [4.78, 5) is 14.2. The first kappa shape index (κ1) is 19.8. The number of anilines is 3. The maximum atomic E-state index is 13.4. The van der Waals surface area contributed by atoms with Crippen LogP contribution in [0.4, 0.5) is 21.5 Å². The third-order valence-electron chi connectivity index (χ3n) is 4.64. The molecular weight excluding hydrogens is 405 g/mol. The number of para-hydroxylation sites is 1. The van der Waals surface area contributed by atoms with Gasteiger partial charge in [0.05, 0.1) is 5.69 Å². The van der Waals surface area contributed by atoms with Gasteiger partial charge in [-0.3, -0.25) is 9.69 Å². The summed E-state index contributed by atoms with van der Waals surface area (Å²) in [5, 5.41) is 2.62. The second-order valence-corrected chi connectivity index (χ2v) is 8.23. The number of sulfonamides is 1.